The fraction of sp³-hybridized carbons (Fsp3) is 0.500. The molecule has 0 rings (SSSR count). The zero-order chi connectivity index (χ0) is 8.85. The second-order valence-electron chi connectivity index (χ2n) is 1.45. The summed E-state index contributed by atoms with van der Waals surface area (Å²) in [5.74, 6) is -1.16. The van der Waals surface area contributed by atoms with Crippen molar-refractivity contribution in [1.82, 2.24) is 0 Å². The molecule has 0 radical (unpaired) electrons. The van der Waals surface area contributed by atoms with Crippen LogP contribution in [-0.2, 0) is 4.74 Å². The van der Waals surface area contributed by atoms with Crippen LogP contribution in [0.1, 0.15) is 6.92 Å². The van der Waals surface area contributed by atoms with Gasteiger partial charge in [0.1, 0.15) is 9.85 Å². The van der Waals surface area contributed by atoms with E-state index in [1.807, 2.05) is 0 Å². The van der Waals surface area contributed by atoms with Gasteiger partial charge < -0.3 is 4.74 Å². The van der Waals surface area contributed by atoms with Gasteiger partial charge in [-0.25, -0.2) is 0 Å². The van der Waals surface area contributed by atoms with E-state index in [4.69, 9.17) is 0 Å². The van der Waals surface area contributed by atoms with Crippen LogP contribution in [0.15, 0.2) is 12.1 Å². The Balaban J connectivity index is 4.33. The number of rotatable bonds is 4. The molecule has 62 valence electrons. The van der Waals surface area contributed by atoms with Crippen molar-refractivity contribution in [1.29, 1.82) is 0 Å². The lowest BCUT2D eigenvalue weighted by Crippen LogP contribution is -2.09. The Morgan fingerprint density at radius 2 is 1.91 bits per heavy atom. The van der Waals surface area contributed by atoms with E-state index < -0.39 is 15.7 Å². The predicted octanol–water partition coefficient (Wildman–Crippen LogP) is 0.375. The molecule has 0 aromatic rings. The monoisotopic (exact) mass is 162 g/mol. The van der Waals surface area contributed by atoms with E-state index in [-0.39, 0.29) is 6.61 Å². The first-order chi connectivity index (χ1) is 5.09. The standard InChI is InChI=1S/C4H6N2O5/c1-2-11-3-4(5(7)8)6(9)10/h3H,2H2,1H3. The van der Waals surface area contributed by atoms with Gasteiger partial charge in [0, 0.05) is 0 Å². The first-order valence-corrected chi connectivity index (χ1v) is 2.70. The number of hydrogen-bond acceptors (Lipinski definition) is 5. The lowest BCUT2D eigenvalue weighted by atomic mass is 10.8. The van der Waals surface area contributed by atoms with E-state index in [9.17, 15) is 20.2 Å². The second-order valence-corrected chi connectivity index (χ2v) is 1.45. The van der Waals surface area contributed by atoms with E-state index in [0.717, 1.165) is 0 Å². The van der Waals surface area contributed by atoms with Gasteiger partial charge in [0.05, 0.1) is 6.61 Å². The summed E-state index contributed by atoms with van der Waals surface area (Å²) in [5, 5.41) is 19.7. The van der Waals surface area contributed by atoms with Gasteiger partial charge in [-0.15, -0.1) is 0 Å². The second kappa shape index (κ2) is 4.20. The fourth-order valence-electron chi connectivity index (χ4n) is 0.311. The van der Waals surface area contributed by atoms with Crippen molar-refractivity contribution in [2.45, 2.75) is 6.92 Å². The minimum absolute atomic E-state index is 0.158. The molecule has 0 fully saturated rings. The molecule has 7 nitrogen and oxygen atoms in total. The quantitative estimate of drug-likeness (QED) is 0.338. The van der Waals surface area contributed by atoms with Crippen molar-refractivity contribution in [3.05, 3.63) is 32.3 Å². The summed E-state index contributed by atoms with van der Waals surface area (Å²) in [7, 11) is 0. The normalized spacial score (nSPS) is 8.45. The highest BCUT2D eigenvalue weighted by Crippen LogP contribution is 1.95. The highest BCUT2D eigenvalue weighted by molar-refractivity contribution is 4.71. The van der Waals surface area contributed by atoms with Gasteiger partial charge in [-0.05, 0) is 6.92 Å². The molecule has 0 aromatic carbocycles. The van der Waals surface area contributed by atoms with Crippen LogP contribution in [-0.4, -0.2) is 16.5 Å². The molecule has 0 amide bonds. The number of ether oxygens (including phenoxy) is 1. The zero-order valence-corrected chi connectivity index (χ0v) is 5.72. The van der Waals surface area contributed by atoms with Crippen molar-refractivity contribution in [3.63, 3.8) is 0 Å². The Hall–Kier alpha value is -1.66. The molecule has 0 spiro atoms. The van der Waals surface area contributed by atoms with E-state index in [2.05, 4.69) is 4.74 Å². The smallest absolute Gasteiger partial charge is 0.489 e. The van der Waals surface area contributed by atoms with Gasteiger partial charge in [0.25, 0.3) is 0 Å². The molecule has 0 bridgehead atoms. The molecule has 0 aliphatic carbocycles. The summed E-state index contributed by atoms with van der Waals surface area (Å²) in [6, 6.07) is 0. The van der Waals surface area contributed by atoms with E-state index in [0.29, 0.717) is 6.26 Å². The molecular weight excluding hydrogens is 156 g/mol. The Bertz CT molecular complexity index is 183. The zero-order valence-electron chi connectivity index (χ0n) is 5.72. The molecule has 0 atom stereocenters. The van der Waals surface area contributed by atoms with E-state index in [1.54, 1.807) is 6.92 Å². The lowest BCUT2D eigenvalue weighted by molar-refractivity contribution is -0.617. The molecule has 0 aliphatic rings. The molecule has 0 aliphatic heterocycles. The highest BCUT2D eigenvalue weighted by Gasteiger charge is 2.25. The molecule has 0 heterocycles. The number of nitrogens with zero attached hydrogens (tertiary/aromatic N) is 2. The molecular formula is C4H6N2O5. The van der Waals surface area contributed by atoms with Gasteiger partial charge in [-0.1, -0.05) is 0 Å². The van der Waals surface area contributed by atoms with Crippen molar-refractivity contribution in [2.24, 2.45) is 0 Å². The van der Waals surface area contributed by atoms with Gasteiger partial charge in [-0.3, -0.25) is 20.2 Å². The van der Waals surface area contributed by atoms with Gasteiger partial charge >= 0.3 is 5.82 Å². The average molecular weight is 162 g/mol. The Labute approximate surface area is 61.6 Å². The third-order valence-corrected chi connectivity index (χ3v) is 0.730. The molecule has 7 heteroatoms. The largest absolute Gasteiger partial charge is 0.593 e. The third-order valence-electron chi connectivity index (χ3n) is 0.730. The van der Waals surface area contributed by atoms with Crippen molar-refractivity contribution >= 4 is 0 Å². The van der Waals surface area contributed by atoms with Crippen LogP contribution in [0.4, 0.5) is 0 Å². The van der Waals surface area contributed by atoms with Gasteiger partial charge in [-0.2, -0.15) is 0 Å². The van der Waals surface area contributed by atoms with Gasteiger partial charge in [0.2, 0.25) is 6.26 Å². The van der Waals surface area contributed by atoms with Crippen LogP contribution in [0.5, 0.6) is 0 Å². The highest BCUT2D eigenvalue weighted by atomic mass is 16.7. The van der Waals surface area contributed by atoms with Crippen molar-refractivity contribution in [2.75, 3.05) is 6.61 Å². The van der Waals surface area contributed by atoms with Crippen molar-refractivity contribution in [3.8, 4) is 0 Å². The minimum atomic E-state index is -1.16. The minimum Gasteiger partial charge on any atom is -0.489 e. The van der Waals surface area contributed by atoms with Crippen LogP contribution >= 0.6 is 0 Å². The summed E-state index contributed by atoms with van der Waals surface area (Å²) < 4.78 is 4.37. The van der Waals surface area contributed by atoms with E-state index in [1.165, 1.54) is 0 Å². The fourth-order valence-corrected chi connectivity index (χ4v) is 0.311. The molecule has 0 saturated heterocycles. The summed E-state index contributed by atoms with van der Waals surface area (Å²) in [6.07, 6.45) is 0.514. The predicted molar refractivity (Wildman–Crippen MR) is 33.7 cm³/mol. The first kappa shape index (κ1) is 9.34. The third kappa shape index (κ3) is 3.14. The Morgan fingerprint density at radius 1 is 1.45 bits per heavy atom. The molecule has 11 heavy (non-hydrogen) atoms. The van der Waals surface area contributed by atoms with Gasteiger partial charge in [0.15, 0.2) is 0 Å². The number of nitro groups is 2. The topological polar surface area (TPSA) is 95.5 Å². The maximum atomic E-state index is 9.86. The Morgan fingerprint density at radius 3 is 2.18 bits per heavy atom. The Kier molecular flexibility index (Phi) is 3.57. The first-order valence-electron chi connectivity index (χ1n) is 2.70. The van der Waals surface area contributed by atoms with Crippen LogP contribution < -0.4 is 0 Å². The maximum Gasteiger partial charge on any atom is 0.593 e. The SMILES string of the molecule is CCOC=C([N+](=O)[O-])[N+](=O)[O-]. The van der Waals surface area contributed by atoms with Crippen molar-refractivity contribution < 1.29 is 14.6 Å². The molecule has 0 N–H and O–H groups in total. The summed E-state index contributed by atoms with van der Waals surface area (Å²) in [6.45, 7) is 1.72. The molecule has 0 unspecified atom stereocenters. The van der Waals surface area contributed by atoms with Crippen LogP contribution in [0, 0.1) is 20.2 Å². The lowest BCUT2D eigenvalue weighted by Gasteiger charge is -1.89. The summed E-state index contributed by atoms with van der Waals surface area (Å²) in [4.78, 5) is 17.5. The van der Waals surface area contributed by atoms with Crippen LogP contribution in [0.3, 0.4) is 0 Å². The number of hydrogen-bond donors (Lipinski definition) is 0. The summed E-state index contributed by atoms with van der Waals surface area (Å²) in [5.41, 5.74) is 0. The molecule has 0 aromatic heterocycles. The average Bonchev–Trinajstić information content (AvgIpc) is 1.87. The van der Waals surface area contributed by atoms with E-state index >= 15 is 0 Å². The molecule has 0 saturated carbocycles. The maximum absolute atomic E-state index is 9.86. The summed E-state index contributed by atoms with van der Waals surface area (Å²) >= 11 is 0. The van der Waals surface area contributed by atoms with Crippen LogP contribution in [0.2, 0.25) is 0 Å². The van der Waals surface area contributed by atoms with Crippen LogP contribution in [0.25, 0.3) is 0 Å².